The van der Waals surface area contributed by atoms with Gasteiger partial charge in [0.05, 0.1) is 29.0 Å². The van der Waals surface area contributed by atoms with E-state index in [4.69, 9.17) is 4.74 Å². The zero-order valence-electron chi connectivity index (χ0n) is 18.4. The van der Waals surface area contributed by atoms with Crippen LogP contribution in [0, 0.1) is 5.92 Å². The highest BCUT2D eigenvalue weighted by molar-refractivity contribution is 7.89. The van der Waals surface area contributed by atoms with Crippen molar-refractivity contribution >= 4 is 32.9 Å². The van der Waals surface area contributed by atoms with Crippen LogP contribution in [0.3, 0.4) is 0 Å². The fraction of sp³-hybridized carbons (Fsp3) is 0.550. The van der Waals surface area contributed by atoms with Gasteiger partial charge < -0.3 is 14.2 Å². The first-order valence-electron chi connectivity index (χ1n) is 9.76. The van der Waals surface area contributed by atoms with Gasteiger partial charge in [-0.15, -0.1) is 0 Å². The molecule has 0 spiro atoms. The Morgan fingerprint density at radius 1 is 1.27 bits per heavy atom. The van der Waals surface area contributed by atoms with E-state index in [2.05, 4.69) is 4.98 Å². The number of esters is 1. The maximum Gasteiger partial charge on any atom is 0.310 e. The molecule has 166 valence electrons. The molecule has 1 aromatic carbocycles. The molecular weight excluding hydrogens is 408 g/mol. The summed E-state index contributed by atoms with van der Waals surface area (Å²) in [5.74, 6) is -0.127. The summed E-state index contributed by atoms with van der Waals surface area (Å²) >= 11 is 0. The van der Waals surface area contributed by atoms with Crippen LogP contribution >= 0.6 is 0 Å². The number of carbonyl (C=O) groups is 2. The lowest BCUT2D eigenvalue weighted by molar-refractivity contribution is -0.146. The molecule has 0 fully saturated rings. The highest BCUT2D eigenvalue weighted by Crippen LogP contribution is 2.22. The third-order valence-corrected chi connectivity index (χ3v) is 6.93. The van der Waals surface area contributed by atoms with Crippen molar-refractivity contribution < 1.29 is 22.7 Å². The third-order valence-electron chi connectivity index (χ3n) is 5.12. The van der Waals surface area contributed by atoms with Crippen LogP contribution in [-0.4, -0.2) is 73.3 Å². The average molecular weight is 439 g/mol. The topological polar surface area (TPSA) is 102 Å². The van der Waals surface area contributed by atoms with Crippen LogP contribution in [0.1, 0.15) is 26.1 Å². The largest absolute Gasteiger partial charge is 0.469 e. The molecule has 1 amide bonds. The lowest BCUT2D eigenvalue weighted by atomic mass is 10.1. The number of hydrogen-bond donors (Lipinski definition) is 0. The number of benzene rings is 1. The van der Waals surface area contributed by atoms with E-state index in [1.54, 1.807) is 30.0 Å². The van der Waals surface area contributed by atoms with Crippen LogP contribution in [-0.2, 0) is 37.8 Å². The Hall–Kier alpha value is -2.46. The van der Waals surface area contributed by atoms with Crippen molar-refractivity contribution in [3.05, 3.63) is 24.0 Å². The Morgan fingerprint density at radius 2 is 1.93 bits per heavy atom. The summed E-state index contributed by atoms with van der Waals surface area (Å²) in [6.07, 6.45) is 0.643. The van der Waals surface area contributed by atoms with Crippen molar-refractivity contribution in [2.24, 2.45) is 13.0 Å². The summed E-state index contributed by atoms with van der Waals surface area (Å²) in [6.45, 7) is 4.39. The standard InChI is InChI=1S/C20H30N4O5S/c1-7-24(13-14(2)20(26)29-6)19(25)11-10-18-21-16-12-15(30(27,28)22(3)4)8-9-17(16)23(18)5/h8-9,12,14H,7,10-11,13H2,1-6H3. The molecule has 10 heteroatoms. The quantitative estimate of drug-likeness (QED) is 0.549. The molecule has 0 aliphatic rings. The molecule has 30 heavy (non-hydrogen) atoms. The molecule has 9 nitrogen and oxygen atoms in total. The van der Waals surface area contributed by atoms with Crippen LogP contribution in [0.5, 0.6) is 0 Å². The second-order valence-electron chi connectivity index (χ2n) is 7.38. The first kappa shape index (κ1) is 23.8. The van der Waals surface area contributed by atoms with Gasteiger partial charge in [-0.05, 0) is 25.1 Å². The zero-order chi connectivity index (χ0) is 22.6. The molecule has 0 N–H and O–H groups in total. The van der Waals surface area contributed by atoms with Crippen LogP contribution in [0.2, 0.25) is 0 Å². The summed E-state index contributed by atoms with van der Waals surface area (Å²) in [5, 5.41) is 0. The van der Waals surface area contributed by atoms with Crippen molar-refractivity contribution in [3.8, 4) is 0 Å². The summed E-state index contributed by atoms with van der Waals surface area (Å²) in [6, 6.07) is 4.83. The SMILES string of the molecule is CCN(CC(C)C(=O)OC)C(=O)CCc1nc2cc(S(=O)(=O)N(C)C)ccc2n1C. The van der Waals surface area contributed by atoms with Crippen molar-refractivity contribution in [3.63, 3.8) is 0 Å². The Bertz CT molecular complexity index is 1030. The van der Waals surface area contributed by atoms with Gasteiger partial charge in [-0.3, -0.25) is 9.59 Å². The molecule has 1 heterocycles. The molecule has 2 aromatic rings. The number of amides is 1. The number of fused-ring (bicyclic) bond motifs is 1. The zero-order valence-corrected chi connectivity index (χ0v) is 19.2. The minimum atomic E-state index is -3.55. The van der Waals surface area contributed by atoms with Gasteiger partial charge in [-0.25, -0.2) is 17.7 Å². The monoisotopic (exact) mass is 438 g/mol. The number of carbonyl (C=O) groups excluding carboxylic acids is 2. The molecule has 2 rings (SSSR count). The Balaban J connectivity index is 2.16. The number of aryl methyl sites for hydroxylation is 2. The lowest BCUT2D eigenvalue weighted by Crippen LogP contribution is -2.37. The number of methoxy groups -OCH3 is 1. The lowest BCUT2D eigenvalue weighted by Gasteiger charge is -2.23. The summed E-state index contributed by atoms with van der Waals surface area (Å²) < 4.78 is 32.5. The maximum atomic E-state index is 12.6. The van der Waals surface area contributed by atoms with Gasteiger partial charge in [0.15, 0.2) is 0 Å². The molecular formula is C20H30N4O5S. The number of rotatable bonds is 9. The van der Waals surface area contributed by atoms with Crippen LogP contribution in [0.15, 0.2) is 23.1 Å². The highest BCUT2D eigenvalue weighted by atomic mass is 32.2. The number of hydrogen-bond acceptors (Lipinski definition) is 6. The summed E-state index contributed by atoms with van der Waals surface area (Å²) in [4.78, 5) is 30.6. The van der Waals surface area contributed by atoms with E-state index in [1.165, 1.54) is 21.2 Å². The van der Waals surface area contributed by atoms with Crippen LogP contribution in [0.4, 0.5) is 0 Å². The normalized spacial score (nSPS) is 12.9. The second kappa shape index (κ2) is 9.57. The van der Waals surface area contributed by atoms with Gasteiger partial charge in [0.2, 0.25) is 15.9 Å². The number of imidazole rings is 1. The number of aromatic nitrogens is 2. The van der Waals surface area contributed by atoms with Gasteiger partial charge in [-0.1, -0.05) is 6.92 Å². The fourth-order valence-electron chi connectivity index (χ4n) is 3.21. The first-order valence-corrected chi connectivity index (χ1v) is 11.2. The van der Waals surface area contributed by atoms with Gasteiger partial charge in [0, 0.05) is 47.1 Å². The molecule has 1 aromatic heterocycles. The van der Waals surface area contributed by atoms with E-state index in [1.807, 2.05) is 18.5 Å². The van der Waals surface area contributed by atoms with E-state index in [0.717, 1.165) is 9.82 Å². The number of ether oxygens (including phenoxy) is 1. The third kappa shape index (κ3) is 4.99. The van der Waals surface area contributed by atoms with E-state index < -0.39 is 15.9 Å². The molecule has 0 aliphatic heterocycles. The minimum Gasteiger partial charge on any atom is -0.469 e. The molecule has 0 bridgehead atoms. The average Bonchev–Trinajstić information content (AvgIpc) is 3.04. The molecule has 0 saturated carbocycles. The number of nitrogens with zero attached hydrogens (tertiary/aromatic N) is 4. The maximum absolute atomic E-state index is 12.6. The van der Waals surface area contributed by atoms with Gasteiger partial charge in [0.25, 0.3) is 0 Å². The summed E-state index contributed by atoms with van der Waals surface area (Å²) in [5.41, 5.74) is 1.36. The van der Waals surface area contributed by atoms with Gasteiger partial charge in [0.1, 0.15) is 5.82 Å². The smallest absolute Gasteiger partial charge is 0.310 e. The van der Waals surface area contributed by atoms with Crippen LogP contribution in [0.25, 0.3) is 11.0 Å². The first-order chi connectivity index (χ1) is 14.0. The van der Waals surface area contributed by atoms with Crippen molar-refractivity contribution in [1.29, 1.82) is 0 Å². The molecule has 0 saturated heterocycles. The van der Waals surface area contributed by atoms with E-state index in [-0.39, 0.29) is 23.2 Å². The Kier molecular flexibility index (Phi) is 7.59. The predicted molar refractivity (Wildman–Crippen MR) is 113 cm³/mol. The van der Waals surface area contributed by atoms with Crippen molar-refractivity contribution in [2.45, 2.75) is 31.6 Å². The van der Waals surface area contributed by atoms with Gasteiger partial charge >= 0.3 is 5.97 Å². The second-order valence-corrected chi connectivity index (χ2v) is 9.53. The summed E-state index contributed by atoms with van der Waals surface area (Å²) in [7, 11) is 2.59. The molecule has 0 aliphatic carbocycles. The molecule has 1 atom stereocenters. The van der Waals surface area contributed by atoms with Crippen LogP contribution < -0.4 is 0 Å². The highest BCUT2D eigenvalue weighted by Gasteiger charge is 2.22. The predicted octanol–water partition coefficient (Wildman–Crippen LogP) is 1.41. The Labute approximate surface area is 177 Å². The minimum absolute atomic E-state index is 0.0730. The van der Waals surface area contributed by atoms with E-state index in [0.29, 0.717) is 30.9 Å². The Morgan fingerprint density at radius 3 is 2.50 bits per heavy atom. The molecule has 1 unspecified atom stereocenters. The molecule has 0 radical (unpaired) electrons. The fourth-order valence-corrected chi connectivity index (χ4v) is 4.14. The number of sulfonamides is 1. The van der Waals surface area contributed by atoms with Crippen molar-refractivity contribution in [1.82, 2.24) is 18.8 Å². The van der Waals surface area contributed by atoms with E-state index in [9.17, 15) is 18.0 Å². The van der Waals surface area contributed by atoms with E-state index >= 15 is 0 Å². The van der Waals surface area contributed by atoms with Gasteiger partial charge in [-0.2, -0.15) is 0 Å². The van der Waals surface area contributed by atoms with Crippen molar-refractivity contribution in [2.75, 3.05) is 34.3 Å².